The van der Waals surface area contributed by atoms with Crippen molar-refractivity contribution in [3.8, 4) is 0 Å². The summed E-state index contributed by atoms with van der Waals surface area (Å²) < 4.78 is 0.880. The quantitative estimate of drug-likeness (QED) is 0.639. The van der Waals surface area contributed by atoms with E-state index in [2.05, 4.69) is 53.9 Å². The number of amides is 1. The van der Waals surface area contributed by atoms with Crippen LogP contribution in [0.15, 0.2) is 42.5 Å². The van der Waals surface area contributed by atoms with Gasteiger partial charge in [0.05, 0.1) is 5.56 Å². The standard InChI is InChI=1S/C17H17ClINO/c1-3-11(2)12-4-7-14(8-5-12)20-17(21)15-10-13(18)6-9-16(15)19/h4-11H,3H2,1-2H3,(H,20,21). The molecule has 110 valence electrons. The van der Waals surface area contributed by atoms with Gasteiger partial charge in [-0.15, -0.1) is 0 Å². The molecule has 0 heterocycles. The molecule has 1 atom stereocenters. The zero-order valence-electron chi connectivity index (χ0n) is 12.0. The summed E-state index contributed by atoms with van der Waals surface area (Å²) in [4.78, 5) is 12.3. The molecule has 2 aromatic carbocycles. The van der Waals surface area contributed by atoms with Gasteiger partial charge >= 0.3 is 0 Å². The van der Waals surface area contributed by atoms with Gasteiger partial charge in [0.1, 0.15) is 0 Å². The number of carbonyl (C=O) groups excluding carboxylic acids is 1. The second kappa shape index (κ2) is 7.27. The largest absolute Gasteiger partial charge is 0.322 e. The highest BCUT2D eigenvalue weighted by atomic mass is 127. The van der Waals surface area contributed by atoms with E-state index in [1.54, 1.807) is 12.1 Å². The minimum atomic E-state index is -0.141. The normalized spacial score (nSPS) is 12.0. The van der Waals surface area contributed by atoms with Gasteiger partial charge in [-0.2, -0.15) is 0 Å². The third-order valence-electron chi connectivity index (χ3n) is 3.52. The zero-order valence-corrected chi connectivity index (χ0v) is 14.9. The van der Waals surface area contributed by atoms with Crippen molar-refractivity contribution in [1.82, 2.24) is 0 Å². The van der Waals surface area contributed by atoms with Gasteiger partial charge in [-0.1, -0.05) is 37.6 Å². The summed E-state index contributed by atoms with van der Waals surface area (Å²) in [7, 11) is 0. The van der Waals surface area contributed by atoms with Crippen LogP contribution in [0.4, 0.5) is 5.69 Å². The molecule has 21 heavy (non-hydrogen) atoms. The van der Waals surface area contributed by atoms with Crippen LogP contribution in [0, 0.1) is 3.57 Å². The maximum atomic E-state index is 12.3. The van der Waals surface area contributed by atoms with Crippen LogP contribution in [0.2, 0.25) is 5.02 Å². The van der Waals surface area contributed by atoms with Crippen LogP contribution in [-0.2, 0) is 0 Å². The minimum Gasteiger partial charge on any atom is -0.322 e. The first kappa shape index (κ1) is 16.3. The molecule has 0 aliphatic rings. The number of halogens is 2. The zero-order chi connectivity index (χ0) is 15.4. The average molecular weight is 414 g/mol. The lowest BCUT2D eigenvalue weighted by Gasteiger charge is -2.11. The van der Waals surface area contributed by atoms with Crippen molar-refractivity contribution in [3.05, 3.63) is 62.2 Å². The monoisotopic (exact) mass is 413 g/mol. The van der Waals surface area contributed by atoms with Gasteiger partial charge in [0.2, 0.25) is 0 Å². The van der Waals surface area contributed by atoms with Crippen molar-refractivity contribution in [2.75, 3.05) is 5.32 Å². The second-order valence-corrected chi connectivity index (χ2v) is 6.61. The van der Waals surface area contributed by atoms with Crippen LogP contribution in [0.1, 0.15) is 42.1 Å². The molecule has 2 aromatic rings. The van der Waals surface area contributed by atoms with E-state index in [9.17, 15) is 4.79 Å². The van der Waals surface area contributed by atoms with E-state index in [4.69, 9.17) is 11.6 Å². The molecule has 1 N–H and O–H groups in total. The van der Waals surface area contributed by atoms with Crippen LogP contribution in [0.5, 0.6) is 0 Å². The summed E-state index contributed by atoms with van der Waals surface area (Å²) >= 11 is 8.09. The molecule has 1 unspecified atom stereocenters. The number of hydrogen-bond acceptors (Lipinski definition) is 1. The Bertz CT molecular complexity index is 640. The fourth-order valence-electron chi connectivity index (χ4n) is 2.00. The molecule has 0 fully saturated rings. The Kier molecular flexibility index (Phi) is 5.65. The molecule has 0 aliphatic heterocycles. The number of rotatable bonds is 4. The fraction of sp³-hybridized carbons (Fsp3) is 0.235. The van der Waals surface area contributed by atoms with Crippen molar-refractivity contribution in [1.29, 1.82) is 0 Å². The lowest BCUT2D eigenvalue weighted by Crippen LogP contribution is -2.13. The molecule has 0 bridgehead atoms. The number of carbonyl (C=O) groups is 1. The predicted octanol–water partition coefficient (Wildman–Crippen LogP) is 5.71. The van der Waals surface area contributed by atoms with Crippen molar-refractivity contribution >= 4 is 45.8 Å². The number of hydrogen-bond donors (Lipinski definition) is 1. The molecule has 0 aliphatic carbocycles. The van der Waals surface area contributed by atoms with Crippen molar-refractivity contribution in [3.63, 3.8) is 0 Å². The van der Waals surface area contributed by atoms with Gasteiger partial charge in [0, 0.05) is 14.3 Å². The Hall–Kier alpha value is -1.07. The third-order valence-corrected chi connectivity index (χ3v) is 4.70. The summed E-state index contributed by atoms with van der Waals surface area (Å²) in [6, 6.07) is 13.3. The summed E-state index contributed by atoms with van der Waals surface area (Å²) in [5, 5.41) is 3.47. The molecule has 0 aromatic heterocycles. The Labute approximate surface area is 144 Å². The molecule has 0 saturated carbocycles. The third kappa shape index (κ3) is 4.20. The molecular weight excluding hydrogens is 397 g/mol. The van der Waals surface area contributed by atoms with Crippen molar-refractivity contribution in [2.24, 2.45) is 0 Å². The predicted molar refractivity (Wildman–Crippen MR) is 97.3 cm³/mol. The van der Waals surface area contributed by atoms with Crippen LogP contribution >= 0.6 is 34.2 Å². The lowest BCUT2D eigenvalue weighted by atomic mass is 9.98. The summed E-state index contributed by atoms with van der Waals surface area (Å²) in [5.41, 5.74) is 2.67. The second-order valence-electron chi connectivity index (χ2n) is 5.01. The Morgan fingerprint density at radius 3 is 2.52 bits per heavy atom. The van der Waals surface area contributed by atoms with Gasteiger partial charge < -0.3 is 5.32 Å². The highest BCUT2D eigenvalue weighted by molar-refractivity contribution is 14.1. The van der Waals surface area contributed by atoms with E-state index in [1.807, 2.05) is 18.2 Å². The molecule has 0 spiro atoms. The van der Waals surface area contributed by atoms with E-state index in [0.717, 1.165) is 15.7 Å². The first-order valence-corrected chi connectivity index (χ1v) is 8.33. The molecule has 0 saturated heterocycles. The Balaban J connectivity index is 2.14. The van der Waals surface area contributed by atoms with Gasteiger partial charge in [-0.25, -0.2) is 0 Å². The van der Waals surface area contributed by atoms with E-state index in [-0.39, 0.29) is 5.91 Å². The lowest BCUT2D eigenvalue weighted by molar-refractivity contribution is 0.102. The summed E-state index contributed by atoms with van der Waals surface area (Å²) in [6.45, 7) is 4.36. The number of nitrogens with one attached hydrogen (secondary N) is 1. The summed E-state index contributed by atoms with van der Waals surface area (Å²) in [6.07, 6.45) is 1.10. The first-order valence-electron chi connectivity index (χ1n) is 6.87. The smallest absolute Gasteiger partial charge is 0.256 e. The van der Waals surface area contributed by atoms with Gasteiger partial charge in [0.15, 0.2) is 0 Å². The average Bonchev–Trinajstić information content (AvgIpc) is 2.49. The number of benzene rings is 2. The van der Waals surface area contributed by atoms with Crippen LogP contribution < -0.4 is 5.32 Å². The van der Waals surface area contributed by atoms with Crippen LogP contribution in [-0.4, -0.2) is 5.91 Å². The topological polar surface area (TPSA) is 29.1 Å². The maximum Gasteiger partial charge on any atom is 0.256 e. The molecule has 4 heteroatoms. The Morgan fingerprint density at radius 2 is 1.90 bits per heavy atom. The SMILES string of the molecule is CCC(C)c1ccc(NC(=O)c2cc(Cl)ccc2I)cc1. The highest BCUT2D eigenvalue weighted by Gasteiger charge is 2.11. The molecule has 1 amide bonds. The molecular formula is C17H17ClINO. The molecule has 0 radical (unpaired) electrons. The van der Waals surface area contributed by atoms with Crippen LogP contribution in [0.25, 0.3) is 0 Å². The van der Waals surface area contributed by atoms with Crippen molar-refractivity contribution < 1.29 is 4.79 Å². The van der Waals surface area contributed by atoms with E-state index in [1.165, 1.54) is 5.56 Å². The number of anilines is 1. The maximum absolute atomic E-state index is 12.3. The fourth-order valence-corrected chi connectivity index (χ4v) is 2.75. The molecule has 2 rings (SSSR count). The van der Waals surface area contributed by atoms with Crippen molar-refractivity contribution in [2.45, 2.75) is 26.2 Å². The highest BCUT2D eigenvalue weighted by Crippen LogP contribution is 2.22. The van der Waals surface area contributed by atoms with E-state index < -0.39 is 0 Å². The van der Waals surface area contributed by atoms with E-state index >= 15 is 0 Å². The van der Waals surface area contributed by atoms with E-state index in [0.29, 0.717) is 16.5 Å². The minimum absolute atomic E-state index is 0.141. The molecule has 2 nitrogen and oxygen atoms in total. The van der Waals surface area contributed by atoms with Crippen LogP contribution in [0.3, 0.4) is 0 Å². The van der Waals surface area contributed by atoms with Gasteiger partial charge in [0.25, 0.3) is 5.91 Å². The first-order chi connectivity index (χ1) is 10.0. The summed E-state index contributed by atoms with van der Waals surface area (Å²) in [5.74, 6) is 0.391. The van der Waals surface area contributed by atoms with Gasteiger partial charge in [-0.3, -0.25) is 4.79 Å². The Morgan fingerprint density at radius 1 is 1.24 bits per heavy atom. The van der Waals surface area contributed by atoms with Gasteiger partial charge in [-0.05, 0) is 70.8 Å².